The fourth-order valence-electron chi connectivity index (χ4n) is 3.06. The number of rotatable bonds is 7. The number of benzene rings is 2. The maximum absolute atomic E-state index is 12.8. The molecule has 0 saturated carbocycles. The zero-order chi connectivity index (χ0) is 21.8. The molecule has 0 saturated heterocycles. The molecule has 0 atom stereocenters. The predicted molar refractivity (Wildman–Crippen MR) is 108 cm³/mol. The molecule has 0 aromatic heterocycles. The van der Waals surface area contributed by atoms with Gasteiger partial charge in [-0.1, -0.05) is 0 Å². The molecule has 0 N–H and O–H groups in total. The Morgan fingerprint density at radius 2 is 1.67 bits per heavy atom. The van der Waals surface area contributed by atoms with Crippen LogP contribution >= 0.6 is 0 Å². The molecule has 0 spiro atoms. The zero-order valence-electron chi connectivity index (χ0n) is 17.4. The van der Waals surface area contributed by atoms with Crippen molar-refractivity contribution in [2.45, 2.75) is 6.92 Å². The van der Waals surface area contributed by atoms with Gasteiger partial charge in [0.15, 0.2) is 23.9 Å². The molecule has 158 valence electrons. The number of ketones is 1. The summed E-state index contributed by atoms with van der Waals surface area (Å²) in [6.07, 6.45) is 1.60. The van der Waals surface area contributed by atoms with Crippen LogP contribution in [0.1, 0.15) is 21.5 Å². The Hall–Kier alpha value is -3.68. The van der Waals surface area contributed by atoms with E-state index in [0.717, 1.165) is 0 Å². The van der Waals surface area contributed by atoms with E-state index in [1.165, 1.54) is 28.4 Å². The summed E-state index contributed by atoms with van der Waals surface area (Å²) < 4.78 is 31.9. The molecular formula is C22H22O8. The summed E-state index contributed by atoms with van der Waals surface area (Å²) >= 11 is 0. The van der Waals surface area contributed by atoms with Gasteiger partial charge in [0.25, 0.3) is 0 Å². The second-order valence-electron chi connectivity index (χ2n) is 6.33. The van der Waals surface area contributed by atoms with E-state index < -0.39 is 5.97 Å². The lowest BCUT2D eigenvalue weighted by molar-refractivity contribution is -0.142. The Morgan fingerprint density at radius 1 is 1.00 bits per heavy atom. The number of fused-ring (bicyclic) bond motifs is 1. The fourth-order valence-corrected chi connectivity index (χ4v) is 3.06. The number of esters is 1. The third kappa shape index (κ3) is 3.89. The van der Waals surface area contributed by atoms with Crippen molar-refractivity contribution < 1.29 is 38.0 Å². The summed E-state index contributed by atoms with van der Waals surface area (Å²) in [4.78, 5) is 24.1. The lowest BCUT2D eigenvalue weighted by Crippen LogP contribution is -2.13. The van der Waals surface area contributed by atoms with Crippen LogP contribution in [0.2, 0.25) is 0 Å². The molecule has 2 aromatic carbocycles. The summed E-state index contributed by atoms with van der Waals surface area (Å²) in [5.41, 5.74) is 1.66. The standard InChI is InChI=1S/C22H22O8/c1-12-15(29-11-19(23)27-4)7-6-14-20(24)16(30-21(12)14)8-13-9-17(25-2)22(28-5)18(10-13)26-3/h6-10H,11H2,1-5H3/b16-8-. The summed E-state index contributed by atoms with van der Waals surface area (Å²) in [5.74, 6) is 1.57. The van der Waals surface area contributed by atoms with Crippen molar-refractivity contribution in [2.24, 2.45) is 0 Å². The number of carbonyl (C=O) groups excluding carboxylic acids is 2. The molecule has 0 amide bonds. The Morgan fingerprint density at radius 3 is 2.23 bits per heavy atom. The molecule has 30 heavy (non-hydrogen) atoms. The number of Topliss-reactive ketones (excluding diaryl/α,β-unsaturated/α-hetero) is 1. The van der Waals surface area contributed by atoms with Gasteiger partial charge >= 0.3 is 5.97 Å². The smallest absolute Gasteiger partial charge is 0.343 e. The quantitative estimate of drug-likeness (QED) is 0.504. The molecule has 0 bridgehead atoms. The van der Waals surface area contributed by atoms with Gasteiger partial charge in [0.05, 0.1) is 34.0 Å². The molecule has 8 nitrogen and oxygen atoms in total. The van der Waals surface area contributed by atoms with Crippen molar-refractivity contribution >= 4 is 17.8 Å². The van der Waals surface area contributed by atoms with Crippen LogP contribution in [-0.2, 0) is 9.53 Å². The van der Waals surface area contributed by atoms with Crippen molar-refractivity contribution in [3.63, 3.8) is 0 Å². The molecular weight excluding hydrogens is 392 g/mol. The van der Waals surface area contributed by atoms with E-state index in [0.29, 0.717) is 45.4 Å². The van der Waals surface area contributed by atoms with E-state index in [1.807, 2.05) is 0 Å². The Balaban J connectivity index is 1.93. The lowest BCUT2D eigenvalue weighted by Gasteiger charge is -2.13. The highest BCUT2D eigenvalue weighted by Crippen LogP contribution is 2.41. The van der Waals surface area contributed by atoms with Gasteiger partial charge in [-0.3, -0.25) is 4.79 Å². The van der Waals surface area contributed by atoms with Crippen LogP contribution in [0, 0.1) is 6.92 Å². The van der Waals surface area contributed by atoms with E-state index in [1.54, 1.807) is 37.3 Å². The molecule has 1 aliphatic heterocycles. The van der Waals surface area contributed by atoms with Crippen LogP contribution in [0.15, 0.2) is 30.0 Å². The lowest BCUT2D eigenvalue weighted by atomic mass is 10.1. The molecule has 8 heteroatoms. The molecule has 2 aromatic rings. The van der Waals surface area contributed by atoms with E-state index in [2.05, 4.69) is 4.74 Å². The zero-order valence-corrected chi connectivity index (χ0v) is 17.4. The number of methoxy groups -OCH3 is 4. The van der Waals surface area contributed by atoms with Gasteiger partial charge in [0.2, 0.25) is 11.5 Å². The number of allylic oxidation sites excluding steroid dienone is 1. The van der Waals surface area contributed by atoms with Crippen molar-refractivity contribution in [1.29, 1.82) is 0 Å². The van der Waals surface area contributed by atoms with Gasteiger partial charge in [-0.25, -0.2) is 4.79 Å². The second kappa shape index (κ2) is 8.77. The summed E-state index contributed by atoms with van der Waals surface area (Å²) in [6, 6.07) is 6.66. The van der Waals surface area contributed by atoms with Crippen LogP contribution in [0.3, 0.4) is 0 Å². The maximum atomic E-state index is 12.8. The molecule has 0 fully saturated rings. The summed E-state index contributed by atoms with van der Waals surface area (Å²) in [6.45, 7) is 1.51. The number of hydrogen-bond acceptors (Lipinski definition) is 8. The number of ether oxygens (including phenoxy) is 6. The first-order valence-electron chi connectivity index (χ1n) is 9.01. The largest absolute Gasteiger partial charge is 0.493 e. The van der Waals surface area contributed by atoms with E-state index in [-0.39, 0.29) is 18.1 Å². The van der Waals surface area contributed by atoms with Crippen molar-refractivity contribution in [3.05, 3.63) is 46.7 Å². The van der Waals surface area contributed by atoms with E-state index in [9.17, 15) is 9.59 Å². The van der Waals surface area contributed by atoms with Gasteiger partial charge in [0.1, 0.15) is 11.5 Å². The minimum absolute atomic E-state index is 0.146. The third-order valence-electron chi connectivity index (χ3n) is 4.59. The van der Waals surface area contributed by atoms with Crippen molar-refractivity contribution in [2.75, 3.05) is 35.0 Å². The summed E-state index contributed by atoms with van der Waals surface area (Å²) in [7, 11) is 5.83. The third-order valence-corrected chi connectivity index (χ3v) is 4.59. The monoisotopic (exact) mass is 414 g/mol. The minimum Gasteiger partial charge on any atom is -0.493 e. The first-order valence-corrected chi connectivity index (χ1v) is 9.01. The van der Waals surface area contributed by atoms with Gasteiger partial charge in [-0.2, -0.15) is 0 Å². The summed E-state index contributed by atoms with van der Waals surface area (Å²) in [5, 5.41) is 0. The maximum Gasteiger partial charge on any atom is 0.343 e. The normalized spacial score (nSPS) is 13.5. The Bertz CT molecular complexity index is 997. The van der Waals surface area contributed by atoms with E-state index in [4.69, 9.17) is 23.7 Å². The Kier molecular flexibility index (Phi) is 6.15. The molecule has 1 aliphatic rings. The van der Waals surface area contributed by atoms with E-state index >= 15 is 0 Å². The predicted octanol–water partition coefficient (Wildman–Crippen LogP) is 3.19. The SMILES string of the molecule is COC(=O)COc1ccc2c(c1C)O/C(=C\c1cc(OC)c(OC)c(OC)c1)C2=O. The van der Waals surface area contributed by atoms with Gasteiger partial charge in [-0.05, 0) is 42.8 Å². The minimum atomic E-state index is -0.505. The van der Waals surface area contributed by atoms with Gasteiger partial charge in [0, 0.05) is 5.56 Å². The first kappa shape index (κ1) is 21.0. The molecule has 1 heterocycles. The first-order chi connectivity index (χ1) is 14.4. The van der Waals surface area contributed by atoms with Crippen LogP contribution in [0.25, 0.3) is 6.08 Å². The molecule has 0 radical (unpaired) electrons. The fraction of sp³-hybridized carbons (Fsp3) is 0.273. The van der Waals surface area contributed by atoms with Crippen LogP contribution in [-0.4, -0.2) is 46.8 Å². The molecule has 0 aliphatic carbocycles. The van der Waals surface area contributed by atoms with Crippen molar-refractivity contribution in [1.82, 2.24) is 0 Å². The van der Waals surface area contributed by atoms with Crippen LogP contribution < -0.4 is 23.7 Å². The van der Waals surface area contributed by atoms with Crippen molar-refractivity contribution in [3.8, 4) is 28.7 Å². The molecule has 0 unspecified atom stereocenters. The average Bonchev–Trinajstić information content (AvgIpc) is 3.08. The second-order valence-corrected chi connectivity index (χ2v) is 6.33. The highest BCUT2D eigenvalue weighted by molar-refractivity contribution is 6.15. The highest BCUT2D eigenvalue weighted by Gasteiger charge is 2.30. The van der Waals surface area contributed by atoms with Crippen LogP contribution in [0.5, 0.6) is 28.7 Å². The molecule has 3 rings (SSSR count). The highest BCUT2D eigenvalue weighted by atomic mass is 16.6. The number of hydrogen-bond donors (Lipinski definition) is 0. The Labute approximate surface area is 173 Å². The average molecular weight is 414 g/mol. The van der Waals surface area contributed by atoms with Crippen LogP contribution in [0.4, 0.5) is 0 Å². The topological polar surface area (TPSA) is 89.5 Å². The number of carbonyl (C=O) groups is 2. The van der Waals surface area contributed by atoms with Gasteiger partial charge < -0.3 is 28.4 Å². The van der Waals surface area contributed by atoms with Gasteiger partial charge in [-0.15, -0.1) is 0 Å².